The second-order valence-electron chi connectivity index (χ2n) is 3.16. The summed E-state index contributed by atoms with van der Waals surface area (Å²) in [6, 6.07) is 8.53. The molecule has 1 atom stereocenters. The fraction of sp³-hybridized carbons (Fsp3) is 0.273. The van der Waals surface area contributed by atoms with E-state index in [0.29, 0.717) is 10.8 Å². The zero-order valence-corrected chi connectivity index (χ0v) is 9.28. The lowest BCUT2D eigenvalue weighted by atomic mass is 10.2. The highest BCUT2D eigenvalue weighted by Crippen LogP contribution is 2.17. The van der Waals surface area contributed by atoms with E-state index < -0.39 is 12.0 Å². The van der Waals surface area contributed by atoms with Crippen LogP contribution in [0.5, 0.6) is 5.75 Å². The zero-order valence-electron chi connectivity index (χ0n) is 8.52. The number of halogens is 1. The Hall–Kier alpha value is -1.73. The van der Waals surface area contributed by atoms with E-state index in [9.17, 15) is 4.79 Å². The Bertz CT molecular complexity index is 397. The standard InChI is InChI=1S/C11H11ClN2O2/c12-8-3-5-9(6-4-8)16-10(11(14)15)2-1-7-13/h3-6,10H,1-2H2,(H2,14,15). The Morgan fingerprint density at radius 1 is 1.50 bits per heavy atom. The first-order valence-corrected chi connectivity index (χ1v) is 5.10. The van der Waals surface area contributed by atoms with Crippen LogP contribution in [0.3, 0.4) is 0 Å². The van der Waals surface area contributed by atoms with Crippen LogP contribution < -0.4 is 10.5 Å². The highest BCUT2D eigenvalue weighted by Gasteiger charge is 2.16. The lowest BCUT2D eigenvalue weighted by Gasteiger charge is -2.14. The number of hydrogen-bond acceptors (Lipinski definition) is 3. The fourth-order valence-corrected chi connectivity index (χ4v) is 1.26. The number of carbonyl (C=O) groups is 1. The molecule has 0 aliphatic carbocycles. The first kappa shape index (κ1) is 12.3. The summed E-state index contributed by atoms with van der Waals surface area (Å²) in [5, 5.41) is 9.01. The van der Waals surface area contributed by atoms with Gasteiger partial charge in [0, 0.05) is 17.9 Å². The number of carbonyl (C=O) groups excluding carboxylic acids is 1. The Morgan fingerprint density at radius 3 is 2.62 bits per heavy atom. The van der Waals surface area contributed by atoms with E-state index in [1.807, 2.05) is 6.07 Å². The van der Waals surface area contributed by atoms with E-state index >= 15 is 0 Å². The van der Waals surface area contributed by atoms with Crippen LogP contribution in [0.2, 0.25) is 5.02 Å². The van der Waals surface area contributed by atoms with Gasteiger partial charge in [0.2, 0.25) is 0 Å². The van der Waals surface area contributed by atoms with Crippen molar-refractivity contribution in [2.24, 2.45) is 5.73 Å². The SMILES string of the molecule is N#CCCC(Oc1ccc(Cl)cc1)C(N)=O. The second kappa shape index (κ2) is 5.99. The van der Waals surface area contributed by atoms with Gasteiger partial charge in [-0.1, -0.05) is 11.6 Å². The average molecular weight is 239 g/mol. The van der Waals surface area contributed by atoms with Crippen LogP contribution in [0.4, 0.5) is 0 Å². The van der Waals surface area contributed by atoms with E-state index in [0.717, 1.165) is 0 Å². The zero-order chi connectivity index (χ0) is 12.0. The molecule has 1 aromatic carbocycles. The van der Waals surface area contributed by atoms with Gasteiger partial charge >= 0.3 is 0 Å². The molecule has 0 aliphatic rings. The monoisotopic (exact) mass is 238 g/mol. The molecule has 0 saturated carbocycles. The molecule has 84 valence electrons. The van der Waals surface area contributed by atoms with E-state index in [1.54, 1.807) is 24.3 Å². The first-order chi connectivity index (χ1) is 7.63. The van der Waals surface area contributed by atoms with Gasteiger partial charge < -0.3 is 10.5 Å². The molecule has 1 unspecified atom stereocenters. The topological polar surface area (TPSA) is 76.1 Å². The molecule has 0 aliphatic heterocycles. The lowest BCUT2D eigenvalue weighted by molar-refractivity contribution is -0.124. The average Bonchev–Trinajstić information content (AvgIpc) is 2.26. The summed E-state index contributed by atoms with van der Waals surface area (Å²) in [5.41, 5.74) is 5.16. The van der Waals surface area contributed by atoms with Crippen LogP contribution in [0, 0.1) is 11.3 Å². The maximum atomic E-state index is 11.0. The Labute approximate surface area is 98.6 Å². The van der Waals surface area contributed by atoms with Gasteiger partial charge in [-0.15, -0.1) is 0 Å². The molecule has 5 heteroatoms. The number of rotatable bonds is 5. The van der Waals surface area contributed by atoms with Crippen molar-refractivity contribution in [2.75, 3.05) is 0 Å². The quantitative estimate of drug-likeness (QED) is 0.851. The molecule has 1 rings (SSSR count). The Morgan fingerprint density at radius 2 is 2.12 bits per heavy atom. The molecule has 2 N–H and O–H groups in total. The Kier molecular flexibility index (Phi) is 4.62. The molecule has 1 aromatic rings. The fourth-order valence-electron chi connectivity index (χ4n) is 1.13. The summed E-state index contributed by atoms with van der Waals surface area (Å²) in [5.74, 6) is -0.0728. The first-order valence-electron chi connectivity index (χ1n) is 4.72. The predicted molar refractivity (Wildman–Crippen MR) is 59.9 cm³/mol. The van der Waals surface area contributed by atoms with Crippen molar-refractivity contribution in [2.45, 2.75) is 18.9 Å². The van der Waals surface area contributed by atoms with Gasteiger partial charge in [0.05, 0.1) is 6.07 Å². The molecule has 0 spiro atoms. The van der Waals surface area contributed by atoms with Crippen molar-refractivity contribution in [1.82, 2.24) is 0 Å². The van der Waals surface area contributed by atoms with Gasteiger partial charge in [0.1, 0.15) is 5.75 Å². The number of nitrogens with zero attached hydrogens (tertiary/aromatic N) is 1. The van der Waals surface area contributed by atoms with Crippen LogP contribution in [0.15, 0.2) is 24.3 Å². The number of hydrogen-bond donors (Lipinski definition) is 1. The molecule has 0 bridgehead atoms. The van der Waals surface area contributed by atoms with Crippen molar-refractivity contribution in [3.63, 3.8) is 0 Å². The summed E-state index contributed by atoms with van der Waals surface area (Å²) >= 11 is 5.70. The molecule has 4 nitrogen and oxygen atoms in total. The smallest absolute Gasteiger partial charge is 0.258 e. The van der Waals surface area contributed by atoms with Crippen molar-refractivity contribution in [1.29, 1.82) is 5.26 Å². The van der Waals surface area contributed by atoms with Crippen molar-refractivity contribution < 1.29 is 9.53 Å². The molecule has 0 radical (unpaired) electrons. The van der Waals surface area contributed by atoms with Crippen molar-refractivity contribution in [3.8, 4) is 11.8 Å². The Balaban J connectivity index is 2.64. The largest absolute Gasteiger partial charge is 0.481 e. The van der Waals surface area contributed by atoms with Gasteiger partial charge in [-0.3, -0.25) is 4.79 Å². The second-order valence-corrected chi connectivity index (χ2v) is 3.60. The molecule has 0 fully saturated rings. The van der Waals surface area contributed by atoms with Gasteiger partial charge in [-0.2, -0.15) is 5.26 Å². The normalized spacial score (nSPS) is 11.5. The maximum absolute atomic E-state index is 11.0. The van der Waals surface area contributed by atoms with Gasteiger partial charge in [0.25, 0.3) is 5.91 Å². The van der Waals surface area contributed by atoms with Crippen LogP contribution in [0.1, 0.15) is 12.8 Å². The third-order valence-electron chi connectivity index (χ3n) is 1.93. The third-order valence-corrected chi connectivity index (χ3v) is 2.18. The molecular weight excluding hydrogens is 228 g/mol. The summed E-state index contributed by atoms with van der Waals surface area (Å²) in [7, 11) is 0. The molecular formula is C11H11ClN2O2. The number of amides is 1. The van der Waals surface area contributed by atoms with Crippen LogP contribution in [-0.2, 0) is 4.79 Å². The van der Waals surface area contributed by atoms with Gasteiger partial charge in [-0.25, -0.2) is 0 Å². The number of nitrogens with two attached hydrogens (primary N) is 1. The maximum Gasteiger partial charge on any atom is 0.258 e. The number of ether oxygens (including phenoxy) is 1. The third kappa shape index (κ3) is 3.79. The molecule has 0 saturated heterocycles. The van der Waals surface area contributed by atoms with E-state index in [2.05, 4.69) is 0 Å². The minimum atomic E-state index is -0.777. The number of primary amides is 1. The molecule has 0 aromatic heterocycles. The lowest BCUT2D eigenvalue weighted by Crippen LogP contribution is -2.33. The van der Waals surface area contributed by atoms with Gasteiger partial charge in [0.15, 0.2) is 6.10 Å². The summed E-state index contributed by atoms with van der Waals surface area (Å²) in [4.78, 5) is 11.0. The minimum Gasteiger partial charge on any atom is -0.481 e. The van der Waals surface area contributed by atoms with E-state index in [4.69, 9.17) is 27.3 Å². The predicted octanol–water partition coefficient (Wildman–Crippen LogP) is 1.88. The highest BCUT2D eigenvalue weighted by atomic mass is 35.5. The molecule has 16 heavy (non-hydrogen) atoms. The minimum absolute atomic E-state index is 0.223. The highest BCUT2D eigenvalue weighted by molar-refractivity contribution is 6.30. The van der Waals surface area contributed by atoms with E-state index in [1.165, 1.54) is 0 Å². The number of benzene rings is 1. The number of nitriles is 1. The van der Waals surface area contributed by atoms with Crippen molar-refractivity contribution in [3.05, 3.63) is 29.3 Å². The van der Waals surface area contributed by atoms with Crippen LogP contribution >= 0.6 is 11.6 Å². The molecule has 0 heterocycles. The summed E-state index contributed by atoms with van der Waals surface area (Å²) < 4.78 is 5.35. The summed E-state index contributed by atoms with van der Waals surface area (Å²) in [6.07, 6.45) is -0.267. The van der Waals surface area contributed by atoms with Crippen molar-refractivity contribution >= 4 is 17.5 Å². The van der Waals surface area contributed by atoms with Gasteiger partial charge in [-0.05, 0) is 24.3 Å². The summed E-state index contributed by atoms with van der Waals surface area (Å²) in [6.45, 7) is 0. The van der Waals surface area contributed by atoms with Crippen LogP contribution in [0.25, 0.3) is 0 Å². The molecule has 1 amide bonds. The van der Waals surface area contributed by atoms with Crippen LogP contribution in [-0.4, -0.2) is 12.0 Å². The van der Waals surface area contributed by atoms with E-state index in [-0.39, 0.29) is 12.8 Å².